The summed E-state index contributed by atoms with van der Waals surface area (Å²) in [6, 6.07) is 3.10. The molecule has 3 heterocycles. The molecule has 4 rings (SSSR count). The molecule has 0 radical (unpaired) electrons. The van der Waals surface area contributed by atoms with Gasteiger partial charge in [0.25, 0.3) is 5.91 Å². The highest BCUT2D eigenvalue weighted by atomic mass is 32.1. The van der Waals surface area contributed by atoms with E-state index in [0.717, 1.165) is 29.5 Å². The summed E-state index contributed by atoms with van der Waals surface area (Å²) in [6.45, 7) is 0.711. The summed E-state index contributed by atoms with van der Waals surface area (Å²) in [5.41, 5.74) is 6.37. The number of carbonyl (C=O) groups excluding carboxylic acids is 1. The third-order valence-electron chi connectivity index (χ3n) is 3.86. The van der Waals surface area contributed by atoms with Gasteiger partial charge in [0.2, 0.25) is 5.89 Å². The smallest absolute Gasteiger partial charge is 0.266 e. The fourth-order valence-electron chi connectivity index (χ4n) is 2.72. The topological polar surface area (TPSA) is 85.2 Å². The Bertz CT molecular complexity index is 949. The van der Waals surface area contributed by atoms with E-state index in [1.807, 2.05) is 0 Å². The molecule has 1 aliphatic heterocycles. The van der Waals surface area contributed by atoms with Crippen LogP contribution in [-0.4, -0.2) is 27.3 Å². The number of halogens is 2. The predicted molar refractivity (Wildman–Crippen MR) is 86.8 cm³/mol. The molecule has 1 aromatic carbocycles. The Hall–Kier alpha value is -2.81. The minimum atomic E-state index is -0.703. The lowest BCUT2D eigenvalue weighted by Crippen LogP contribution is -2.35. The number of hydrogen-bond donors (Lipinski definition) is 1. The quantitative estimate of drug-likeness (QED) is 0.758. The molecule has 0 saturated heterocycles. The van der Waals surface area contributed by atoms with Crippen LogP contribution in [0.2, 0.25) is 0 Å². The minimum absolute atomic E-state index is 0.139. The Morgan fingerprint density at radius 2 is 2.04 bits per heavy atom. The number of thiazole rings is 1. The van der Waals surface area contributed by atoms with Crippen molar-refractivity contribution < 1.29 is 18.0 Å². The van der Waals surface area contributed by atoms with Crippen molar-refractivity contribution in [3.8, 4) is 11.5 Å². The molecule has 0 unspecified atom stereocenters. The minimum Gasteiger partial charge on any atom is -0.441 e. The number of hydrogen-bond acceptors (Lipinski definition) is 6. The summed E-state index contributed by atoms with van der Waals surface area (Å²) in [6.07, 6.45) is 1.92. The zero-order chi connectivity index (χ0) is 17.6. The van der Waals surface area contributed by atoms with Crippen LogP contribution in [0.5, 0.6) is 0 Å². The number of rotatable bonds is 2. The molecular formula is C16H12F2N4O2S. The number of carbonyl (C=O) groups is 1. The van der Waals surface area contributed by atoms with E-state index in [9.17, 15) is 13.6 Å². The van der Waals surface area contributed by atoms with Crippen LogP contribution in [0.15, 0.2) is 28.8 Å². The maximum Gasteiger partial charge on any atom is 0.266 e. The van der Waals surface area contributed by atoms with Crippen LogP contribution < -0.4 is 5.73 Å². The Labute approximate surface area is 144 Å². The number of nitrogen functional groups attached to an aromatic ring is 1. The van der Waals surface area contributed by atoms with Gasteiger partial charge in [0.05, 0.1) is 12.7 Å². The zero-order valence-corrected chi connectivity index (χ0v) is 13.6. The largest absolute Gasteiger partial charge is 0.441 e. The summed E-state index contributed by atoms with van der Waals surface area (Å²) < 4.78 is 32.4. The van der Waals surface area contributed by atoms with Gasteiger partial charge in [0, 0.05) is 24.6 Å². The molecule has 2 aromatic heterocycles. The van der Waals surface area contributed by atoms with Gasteiger partial charge >= 0.3 is 0 Å². The van der Waals surface area contributed by atoms with E-state index in [2.05, 4.69) is 9.97 Å². The molecule has 25 heavy (non-hydrogen) atoms. The molecular weight excluding hydrogens is 350 g/mol. The first kappa shape index (κ1) is 15.7. The second-order valence-corrected chi connectivity index (χ2v) is 6.65. The molecule has 0 atom stereocenters. The average Bonchev–Trinajstić information content (AvgIpc) is 3.18. The number of amides is 1. The molecule has 6 nitrogen and oxygen atoms in total. The molecule has 1 amide bonds. The Balaban J connectivity index is 1.60. The van der Waals surface area contributed by atoms with Crippen LogP contribution in [0.3, 0.4) is 0 Å². The van der Waals surface area contributed by atoms with Crippen molar-refractivity contribution in [3.63, 3.8) is 0 Å². The zero-order valence-electron chi connectivity index (χ0n) is 12.8. The first-order valence-electron chi connectivity index (χ1n) is 7.45. The molecule has 0 spiro atoms. The summed E-state index contributed by atoms with van der Waals surface area (Å²) in [5, 5.41) is 0.331. The summed E-state index contributed by atoms with van der Waals surface area (Å²) in [5.74, 6) is -0.829. The number of nitrogens with two attached hydrogens (primary N) is 1. The summed E-state index contributed by atoms with van der Waals surface area (Å²) in [4.78, 5) is 22.7. The fraction of sp³-hybridized carbons (Fsp3) is 0.188. The molecule has 0 saturated carbocycles. The van der Waals surface area contributed by atoms with E-state index in [4.69, 9.17) is 10.2 Å². The van der Waals surface area contributed by atoms with Crippen molar-refractivity contribution in [3.05, 3.63) is 52.4 Å². The fourth-order valence-corrected chi connectivity index (χ4v) is 3.37. The Morgan fingerprint density at radius 3 is 2.72 bits per heavy atom. The SMILES string of the molecule is Nc1ncc(C(=O)N2CCc3oc(-c4cc(F)cc(F)c4)nc3C2)s1. The van der Waals surface area contributed by atoms with Crippen molar-refractivity contribution in [2.45, 2.75) is 13.0 Å². The van der Waals surface area contributed by atoms with Crippen molar-refractivity contribution in [1.29, 1.82) is 0 Å². The van der Waals surface area contributed by atoms with Crippen LogP contribution in [-0.2, 0) is 13.0 Å². The van der Waals surface area contributed by atoms with E-state index >= 15 is 0 Å². The lowest BCUT2D eigenvalue weighted by Gasteiger charge is -2.24. The summed E-state index contributed by atoms with van der Waals surface area (Å²) >= 11 is 1.12. The number of nitrogens with zero attached hydrogens (tertiary/aromatic N) is 3. The van der Waals surface area contributed by atoms with Crippen molar-refractivity contribution in [2.75, 3.05) is 12.3 Å². The number of aromatic nitrogens is 2. The number of oxazole rings is 1. The first-order valence-corrected chi connectivity index (χ1v) is 8.27. The van der Waals surface area contributed by atoms with Gasteiger partial charge in [-0.05, 0) is 12.1 Å². The van der Waals surface area contributed by atoms with Gasteiger partial charge in [0.1, 0.15) is 28.0 Å². The molecule has 0 aliphatic carbocycles. The van der Waals surface area contributed by atoms with E-state index in [1.165, 1.54) is 6.20 Å². The first-order chi connectivity index (χ1) is 12.0. The monoisotopic (exact) mass is 362 g/mol. The second-order valence-electron chi connectivity index (χ2n) is 5.59. The van der Waals surface area contributed by atoms with Crippen LogP contribution in [0.25, 0.3) is 11.5 Å². The lowest BCUT2D eigenvalue weighted by molar-refractivity contribution is 0.0732. The molecule has 1 aliphatic rings. The highest BCUT2D eigenvalue weighted by molar-refractivity contribution is 7.17. The van der Waals surface area contributed by atoms with Gasteiger partial charge in [-0.1, -0.05) is 11.3 Å². The van der Waals surface area contributed by atoms with Crippen LogP contribution >= 0.6 is 11.3 Å². The second kappa shape index (κ2) is 5.92. The van der Waals surface area contributed by atoms with Crippen LogP contribution in [0.4, 0.5) is 13.9 Å². The highest BCUT2D eigenvalue weighted by Gasteiger charge is 2.27. The van der Waals surface area contributed by atoms with Gasteiger partial charge in [-0.15, -0.1) is 0 Å². The molecule has 0 fully saturated rings. The third-order valence-corrected chi connectivity index (χ3v) is 4.67. The van der Waals surface area contributed by atoms with Crippen LogP contribution in [0.1, 0.15) is 21.1 Å². The van der Waals surface area contributed by atoms with Crippen molar-refractivity contribution >= 4 is 22.4 Å². The van der Waals surface area contributed by atoms with Gasteiger partial charge in [-0.25, -0.2) is 18.7 Å². The van der Waals surface area contributed by atoms with E-state index in [1.54, 1.807) is 4.90 Å². The van der Waals surface area contributed by atoms with Crippen molar-refractivity contribution in [1.82, 2.24) is 14.9 Å². The molecule has 0 bridgehead atoms. The Kier molecular flexibility index (Phi) is 3.72. The summed E-state index contributed by atoms with van der Waals surface area (Å²) in [7, 11) is 0. The van der Waals surface area contributed by atoms with Crippen molar-refractivity contribution in [2.24, 2.45) is 0 Å². The van der Waals surface area contributed by atoms with Gasteiger partial charge in [0.15, 0.2) is 5.13 Å². The standard InChI is InChI=1S/C16H12F2N4O2S/c17-9-3-8(4-10(18)5-9)14-21-11-7-22(2-1-12(11)24-14)15(23)13-6-20-16(19)25-13/h3-6H,1-2,7H2,(H2,19,20). The normalized spacial score (nSPS) is 13.8. The predicted octanol–water partition coefficient (Wildman–Crippen LogP) is 2.86. The number of fused-ring (bicyclic) bond motifs is 1. The Morgan fingerprint density at radius 1 is 1.28 bits per heavy atom. The van der Waals surface area contributed by atoms with Crippen LogP contribution in [0, 0.1) is 11.6 Å². The molecule has 128 valence electrons. The van der Waals surface area contributed by atoms with Gasteiger partial charge < -0.3 is 15.1 Å². The van der Waals surface area contributed by atoms with E-state index in [-0.39, 0.29) is 23.9 Å². The highest BCUT2D eigenvalue weighted by Crippen LogP contribution is 2.28. The maximum atomic E-state index is 13.4. The van der Waals surface area contributed by atoms with Gasteiger partial charge in [-0.3, -0.25) is 4.79 Å². The molecule has 3 aromatic rings. The number of anilines is 1. The van der Waals surface area contributed by atoms with Gasteiger partial charge in [-0.2, -0.15) is 0 Å². The van der Waals surface area contributed by atoms with E-state index < -0.39 is 11.6 Å². The molecule has 9 heteroatoms. The number of benzene rings is 1. The van der Waals surface area contributed by atoms with E-state index in [0.29, 0.717) is 34.4 Å². The third kappa shape index (κ3) is 2.98. The average molecular weight is 362 g/mol. The molecule has 2 N–H and O–H groups in total. The maximum absolute atomic E-state index is 13.4. The lowest BCUT2D eigenvalue weighted by atomic mass is 10.1.